The van der Waals surface area contributed by atoms with Gasteiger partial charge in [-0.15, -0.1) is 6.58 Å². The fraction of sp³-hybridized carbons (Fsp3) is 0.174. The Hall–Kier alpha value is -3.58. The summed E-state index contributed by atoms with van der Waals surface area (Å²) in [4.78, 5) is 24.5. The molecule has 3 aromatic rings. The van der Waals surface area contributed by atoms with Gasteiger partial charge in [0.25, 0.3) is 5.91 Å². The van der Waals surface area contributed by atoms with Gasteiger partial charge in [-0.05, 0) is 43.7 Å². The zero-order valence-electron chi connectivity index (χ0n) is 17.4. The Labute approximate surface area is 186 Å². The van der Waals surface area contributed by atoms with Crippen LogP contribution in [0.1, 0.15) is 27.2 Å². The number of benzene rings is 2. The fourth-order valence-electron chi connectivity index (χ4n) is 2.95. The molecular weight excluding hydrogens is 414 g/mol. The van der Waals surface area contributed by atoms with Crippen molar-refractivity contribution in [3.8, 4) is 0 Å². The summed E-state index contributed by atoms with van der Waals surface area (Å²) >= 11 is 6.47. The maximum absolute atomic E-state index is 12.8. The summed E-state index contributed by atoms with van der Waals surface area (Å²) in [6.45, 7) is 8.17. The topological polar surface area (TPSA) is 88.1 Å². The van der Waals surface area contributed by atoms with Gasteiger partial charge in [-0.25, -0.2) is 9.48 Å². The highest BCUT2D eigenvalue weighted by atomic mass is 35.5. The number of carbonyl (C=O) groups excluding carboxylic acids is 2. The van der Waals surface area contributed by atoms with Gasteiger partial charge in [-0.1, -0.05) is 47.5 Å². The number of rotatable bonds is 7. The van der Waals surface area contributed by atoms with Crippen LogP contribution < -0.4 is 16.0 Å². The summed E-state index contributed by atoms with van der Waals surface area (Å²) < 4.78 is 1.62. The lowest BCUT2D eigenvalue weighted by molar-refractivity contribution is 0.102. The lowest BCUT2D eigenvalue weighted by Crippen LogP contribution is -2.28. The lowest BCUT2D eigenvalue weighted by Gasteiger charge is -2.09. The number of anilines is 2. The van der Waals surface area contributed by atoms with Crippen LogP contribution >= 0.6 is 11.6 Å². The molecule has 0 unspecified atom stereocenters. The van der Waals surface area contributed by atoms with Crippen molar-refractivity contribution in [3.63, 3.8) is 0 Å². The summed E-state index contributed by atoms with van der Waals surface area (Å²) in [6.07, 6.45) is 1.59. The molecule has 2 aromatic carbocycles. The number of urea groups is 1. The molecule has 31 heavy (non-hydrogen) atoms. The maximum atomic E-state index is 12.8. The van der Waals surface area contributed by atoms with Crippen molar-refractivity contribution in [3.05, 3.63) is 88.7 Å². The predicted octanol–water partition coefficient (Wildman–Crippen LogP) is 4.76. The zero-order chi connectivity index (χ0) is 22.4. The first kappa shape index (κ1) is 22.1. The number of hydrogen-bond acceptors (Lipinski definition) is 3. The van der Waals surface area contributed by atoms with Gasteiger partial charge < -0.3 is 16.0 Å². The van der Waals surface area contributed by atoms with Gasteiger partial charge in [0.1, 0.15) is 5.15 Å². The second-order valence-corrected chi connectivity index (χ2v) is 7.41. The summed E-state index contributed by atoms with van der Waals surface area (Å²) in [5.41, 5.74) is 4.27. The van der Waals surface area contributed by atoms with E-state index < -0.39 is 0 Å². The van der Waals surface area contributed by atoms with E-state index in [1.165, 1.54) is 5.56 Å². The third-order valence-electron chi connectivity index (χ3n) is 4.55. The van der Waals surface area contributed by atoms with Gasteiger partial charge >= 0.3 is 6.03 Å². The highest BCUT2D eigenvalue weighted by Gasteiger charge is 2.20. The normalized spacial score (nSPS) is 10.4. The average molecular weight is 438 g/mol. The molecule has 1 heterocycles. The van der Waals surface area contributed by atoms with E-state index in [1.807, 2.05) is 31.2 Å². The van der Waals surface area contributed by atoms with Crippen molar-refractivity contribution in [2.45, 2.75) is 20.4 Å². The van der Waals surface area contributed by atoms with Crippen LogP contribution in [0.25, 0.3) is 0 Å². The van der Waals surface area contributed by atoms with Crippen molar-refractivity contribution in [2.75, 3.05) is 17.2 Å². The van der Waals surface area contributed by atoms with Crippen molar-refractivity contribution in [1.29, 1.82) is 0 Å². The molecule has 0 fully saturated rings. The molecule has 0 saturated carbocycles. The third kappa shape index (κ3) is 5.73. The number of nitrogens with zero attached hydrogens (tertiary/aromatic N) is 2. The monoisotopic (exact) mass is 437 g/mol. The van der Waals surface area contributed by atoms with Crippen LogP contribution in [0, 0.1) is 13.8 Å². The van der Waals surface area contributed by atoms with Crippen molar-refractivity contribution in [1.82, 2.24) is 15.1 Å². The van der Waals surface area contributed by atoms with Gasteiger partial charge in [0.15, 0.2) is 0 Å². The molecule has 1 aromatic heterocycles. The van der Waals surface area contributed by atoms with E-state index in [4.69, 9.17) is 11.6 Å². The van der Waals surface area contributed by atoms with Crippen LogP contribution in [0.4, 0.5) is 16.2 Å². The van der Waals surface area contributed by atoms with E-state index in [9.17, 15) is 9.59 Å². The number of halogens is 1. The van der Waals surface area contributed by atoms with Gasteiger partial charge in [-0.2, -0.15) is 5.10 Å². The maximum Gasteiger partial charge on any atom is 0.319 e. The number of aromatic nitrogens is 2. The number of amides is 3. The standard InChI is InChI=1S/C23H24ClN5O2/c1-4-13-25-23(31)27-19-11-9-18(10-12-19)26-22(30)20-16(3)28-29(21(20)24)14-17-7-5-15(2)6-8-17/h4-12H,1,13-14H2,2-3H3,(H,26,30)(H2,25,27,31). The number of aryl methyl sites for hydroxylation is 2. The van der Waals surface area contributed by atoms with Gasteiger partial charge in [0, 0.05) is 17.9 Å². The first-order valence-corrected chi connectivity index (χ1v) is 10.1. The highest BCUT2D eigenvalue weighted by molar-refractivity contribution is 6.33. The summed E-state index contributed by atoms with van der Waals surface area (Å²) in [5, 5.41) is 12.8. The van der Waals surface area contributed by atoms with Crippen LogP contribution in [0.15, 0.2) is 61.2 Å². The molecule has 0 saturated heterocycles. The molecule has 0 aliphatic carbocycles. The molecule has 160 valence electrons. The minimum absolute atomic E-state index is 0.285. The van der Waals surface area contributed by atoms with Crippen LogP contribution in [0.3, 0.4) is 0 Å². The van der Waals surface area contributed by atoms with Gasteiger partial charge in [-0.3, -0.25) is 4.79 Å². The Bertz CT molecular complexity index is 1090. The molecule has 0 spiro atoms. The fourth-order valence-corrected chi connectivity index (χ4v) is 3.27. The van der Waals surface area contributed by atoms with E-state index in [0.29, 0.717) is 35.7 Å². The number of carbonyl (C=O) groups is 2. The van der Waals surface area contributed by atoms with E-state index in [2.05, 4.69) is 27.6 Å². The molecule has 0 bridgehead atoms. The van der Waals surface area contributed by atoms with Crippen LogP contribution in [0.2, 0.25) is 5.15 Å². The first-order valence-electron chi connectivity index (χ1n) is 9.73. The molecular formula is C23H24ClN5O2. The Balaban J connectivity index is 1.67. The predicted molar refractivity (Wildman–Crippen MR) is 124 cm³/mol. The highest BCUT2D eigenvalue weighted by Crippen LogP contribution is 2.23. The Morgan fingerprint density at radius 2 is 1.65 bits per heavy atom. The average Bonchev–Trinajstić information content (AvgIpc) is 3.02. The zero-order valence-corrected chi connectivity index (χ0v) is 18.2. The molecule has 3 amide bonds. The minimum Gasteiger partial charge on any atom is -0.334 e. The van der Waals surface area contributed by atoms with Crippen LogP contribution in [-0.4, -0.2) is 28.3 Å². The Morgan fingerprint density at radius 3 is 2.26 bits per heavy atom. The number of hydrogen-bond donors (Lipinski definition) is 3. The van der Waals surface area contributed by atoms with Crippen LogP contribution in [-0.2, 0) is 6.54 Å². The smallest absolute Gasteiger partial charge is 0.319 e. The quantitative estimate of drug-likeness (QED) is 0.465. The molecule has 3 N–H and O–H groups in total. The van der Waals surface area contributed by atoms with Crippen molar-refractivity contribution in [2.24, 2.45) is 0 Å². The summed E-state index contributed by atoms with van der Waals surface area (Å²) in [7, 11) is 0. The van der Waals surface area contributed by atoms with Crippen molar-refractivity contribution >= 4 is 34.9 Å². The number of nitrogens with one attached hydrogen (secondary N) is 3. The van der Waals surface area contributed by atoms with E-state index in [1.54, 1.807) is 41.9 Å². The van der Waals surface area contributed by atoms with Crippen molar-refractivity contribution < 1.29 is 9.59 Å². The van der Waals surface area contributed by atoms with Gasteiger partial charge in [0.05, 0.1) is 17.8 Å². The first-order chi connectivity index (χ1) is 14.9. The molecule has 0 radical (unpaired) electrons. The third-order valence-corrected chi connectivity index (χ3v) is 4.94. The second-order valence-electron chi connectivity index (χ2n) is 7.05. The molecule has 0 aliphatic rings. The SMILES string of the molecule is C=CCNC(=O)Nc1ccc(NC(=O)c2c(C)nn(Cc3ccc(C)cc3)c2Cl)cc1. The lowest BCUT2D eigenvalue weighted by atomic mass is 10.1. The van der Waals surface area contributed by atoms with E-state index in [-0.39, 0.29) is 17.1 Å². The van der Waals surface area contributed by atoms with Crippen LogP contribution in [0.5, 0.6) is 0 Å². The molecule has 3 rings (SSSR count). The van der Waals surface area contributed by atoms with Gasteiger partial charge in [0.2, 0.25) is 0 Å². The second kappa shape index (κ2) is 9.95. The molecule has 0 atom stereocenters. The Morgan fingerprint density at radius 1 is 1.03 bits per heavy atom. The largest absolute Gasteiger partial charge is 0.334 e. The van der Waals surface area contributed by atoms with E-state index in [0.717, 1.165) is 5.56 Å². The van der Waals surface area contributed by atoms with E-state index >= 15 is 0 Å². The molecule has 0 aliphatic heterocycles. The summed E-state index contributed by atoms with van der Waals surface area (Å²) in [6, 6.07) is 14.5. The molecule has 7 nitrogen and oxygen atoms in total. The molecule has 8 heteroatoms. The Kier molecular flexibility index (Phi) is 7.10. The summed E-state index contributed by atoms with van der Waals surface area (Å²) in [5.74, 6) is -0.345. The minimum atomic E-state index is -0.345.